The number of hydrogen-bond donors (Lipinski definition) is 1. The topological polar surface area (TPSA) is 56.1 Å². The minimum Gasteiger partial charge on any atom is -0.354 e. The first kappa shape index (κ1) is 13.0. The van der Waals surface area contributed by atoms with Crippen LogP contribution in [0, 0.1) is 17.2 Å². The van der Waals surface area contributed by atoms with Gasteiger partial charge < -0.3 is 10.2 Å². The molecule has 0 aromatic heterocycles. The average Bonchev–Trinajstić information content (AvgIpc) is 2.26. The van der Waals surface area contributed by atoms with Crippen LogP contribution in [0.1, 0.15) is 33.1 Å². The van der Waals surface area contributed by atoms with Gasteiger partial charge in [0.15, 0.2) is 0 Å². The zero-order chi connectivity index (χ0) is 12.0. The van der Waals surface area contributed by atoms with Crippen molar-refractivity contribution in [2.24, 2.45) is 5.92 Å². The molecule has 1 rings (SSSR count). The van der Waals surface area contributed by atoms with Crippen LogP contribution in [0.15, 0.2) is 0 Å². The van der Waals surface area contributed by atoms with E-state index in [1.54, 1.807) is 0 Å². The summed E-state index contributed by atoms with van der Waals surface area (Å²) in [5.74, 6) is 0.260. The lowest BCUT2D eigenvalue weighted by atomic mass is 10.00. The standard InChI is InChI=1S/C12H21N3O/c1-10(2)14-12(16)5-7-15-6-3-4-11(8-13)9-15/h10-11H,3-7,9H2,1-2H3,(H,14,16). The largest absolute Gasteiger partial charge is 0.354 e. The predicted octanol–water partition coefficient (Wildman–Crippen LogP) is 1.14. The number of likely N-dealkylation sites (tertiary alicyclic amines) is 1. The molecule has 1 N–H and O–H groups in total. The predicted molar refractivity (Wildman–Crippen MR) is 62.7 cm³/mol. The molecule has 0 saturated carbocycles. The molecule has 0 aliphatic carbocycles. The summed E-state index contributed by atoms with van der Waals surface area (Å²) in [5.41, 5.74) is 0. The van der Waals surface area contributed by atoms with Gasteiger partial charge in [-0.25, -0.2) is 0 Å². The Kier molecular flexibility index (Phi) is 5.27. The van der Waals surface area contributed by atoms with Crippen LogP contribution in [0.3, 0.4) is 0 Å². The van der Waals surface area contributed by atoms with Crippen LogP contribution in [-0.2, 0) is 4.79 Å². The van der Waals surface area contributed by atoms with E-state index in [0.29, 0.717) is 6.42 Å². The molecule has 1 fully saturated rings. The first-order valence-electron chi connectivity index (χ1n) is 6.03. The third-order valence-electron chi connectivity index (χ3n) is 2.79. The van der Waals surface area contributed by atoms with Gasteiger partial charge in [-0.1, -0.05) is 0 Å². The molecule has 0 aromatic rings. The third kappa shape index (κ3) is 4.63. The first-order valence-corrected chi connectivity index (χ1v) is 6.03. The highest BCUT2D eigenvalue weighted by atomic mass is 16.1. The molecule has 0 bridgehead atoms. The maximum Gasteiger partial charge on any atom is 0.221 e. The molecule has 0 spiro atoms. The smallest absolute Gasteiger partial charge is 0.221 e. The summed E-state index contributed by atoms with van der Waals surface area (Å²) in [6.45, 7) is 6.55. The van der Waals surface area contributed by atoms with Crippen LogP contribution in [0.2, 0.25) is 0 Å². The fraction of sp³-hybridized carbons (Fsp3) is 0.833. The molecule has 1 unspecified atom stereocenters. The van der Waals surface area contributed by atoms with Crippen molar-refractivity contribution in [1.82, 2.24) is 10.2 Å². The van der Waals surface area contributed by atoms with Gasteiger partial charge in [-0.3, -0.25) is 4.79 Å². The SMILES string of the molecule is CC(C)NC(=O)CCN1CCCC(C#N)C1. The fourth-order valence-electron chi connectivity index (χ4n) is 2.02. The molecule has 0 aromatic carbocycles. The van der Waals surface area contributed by atoms with Crippen molar-refractivity contribution in [2.45, 2.75) is 39.2 Å². The first-order chi connectivity index (χ1) is 7.61. The lowest BCUT2D eigenvalue weighted by molar-refractivity contribution is -0.122. The average molecular weight is 223 g/mol. The number of rotatable bonds is 4. The van der Waals surface area contributed by atoms with Crippen LogP contribution in [0.4, 0.5) is 0 Å². The Hall–Kier alpha value is -1.08. The molecule has 16 heavy (non-hydrogen) atoms. The van der Waals surface area contributed by atoms with Crippen LogP contribution >= 0.6 is 0 Å². The monoisotopic (exact) mass is 223 g/mol. The molecule has 1 atom stereocenters. The van der Waals surface area contributed by atoms with Crippen molar-refractivity contribution in [3.8, 4) is 6.07 Å². The summed E-state index contributed by atoms with van der Waals surface area (Å²) in [5, 5.41) is 11.7. The number of carbonyl (C=O) groups is 1. The molecular formula is C12H21N3O. The molecule has 1 heterocycles. The zero-order valence-electron chi connectivity index (χ0n) is 10.2. The summed E-state index contributed by atoms with van der Waals surface area (Å²) in [7, 11) is 0. The summed E-state index contributed by atoms with van der Waals surface area (Å²) in [6, 6.07) is 2.52. The second kappa shape index (κ2) is 6.49. The Balaban J connectivity index is 2.22. The van der Waals surface area contributed by atoms with E-state index in [1.165, 1.54) is 0 Å². The van der Waals surface area contributed by atoms with Crippen LogP contribution in [0.25, 0.3) is 0 Å². The minimum atomic E-state index is 0.106. The van der Waals surface area contributed by atoms with Gasteiger partial charge in [0.05, 0.1) is 12.0 Å². The van der Waals surface area contributed by atoms with E-state index in [4.69, 9.17) is 5.26 Å². The van der Waals surface area contributed by atoms with Gasteiger partial charge in [-0.2, -0.15) is 5.26 Å². The summed E-state index contributed by atoms with van der Waals surface area (Å²) in [6.07, 6.45) is 2.62. The Labute approximate surface area is 97.6 Å². The van der Waals surface area contributed by atoms with E-state index in [9.17, 15) is 4.79 Å². The van der Waals surface area contributed by atoms with E-state index in [1.807, 2.05) is 13.8 Å². The second-order valence-corrected chi connectivity index (χ2v) is 4.74. The van der Waals surface area contributed by atoms with Gasteiger partial charge in [0.1, 0.15) is 0 Å². The van der Waals surface area contributed by atoms with Crippen LogP contribution in [-0.4, -0.2) is 36.5 Å². The Bertz CT molecular complexity index is 270. The van der Waals surface area contributed by atoms with Crippen molar-refractivity contribution in [3.63, 3.8) is 0 Å². The number of carbonyl (C=O) groups excluding carboxylic acids is 1. The third-order valence-corrected chi connectivity index (χ3v) is 2.79. The van der Waals surface area contributed by atoms with Crippen molar-refractivity contribution >= 4 is 5.91 Å². The highest BCUT2D eigenvalue weighted by Crippen LogP contribution is 2.15. The van der Waals surface area contributed by atoms with Crippen molar-refractivity contribution < 1.29 is 4.79 Å². The number of nitrogens with zero attached hydrogens (tertiary/aromatic N) is 2. The van der Waals surface area contributed by atoms with Crippen molar-refractivity contribution in [3.05, 3.63) is 0 Å². The molecule has 90 valence electrons. The van der Waals surface area contributed by atoms with E-state index in [0.717, 1.165) is 32.5 Å². The Morgan fingerprint density at radius 1 is 1.62 bits per heavy atom. The molecule has 1 aliphatic heterocycles. The summed E-state index contributed by atoms with van der Waals surface area (Å²) in [4.78, 5) is 13.7. The number of hydrogen-bond acceptors (Lipinski definition) is 3. The zero-order valence-corrected chi connectivity index (χ0v) is 10.2. The lowest BCUT2D eigenvalue weighted by Gasteiger charge is -2.29. The molecule has 1 saturated heterocycles. The van der Waals surface area contributed by atoms with Gasteiger partial charge in [0.2, 0.25) is 5.91 Å². The quantitative estimate of drug-likeness (QED) is 0.777. The van der Waals surface area contributed by atoms with Gasteiger partial charge in [0, 0.05) is 25.6 Å². The lowest BCUT2D eigenvalue weighted by Crippen LogP contribution is -2.38. The van der Waals surface area contributed by atoms with Crippen molar-refractivity contribution in [2.75, 3.05) is 19.6 Å². The summed E-state index contributed by atoms with van der Waals surface area (Å²) < 4.78 is 0. The van der Waals surface area contributed by atoms with Gasteiger partial charge in [-0.05, 0) is 33.2 Å². The number of nitriles is 1. The molecule has 4 heteroatoms. The Morgan fingerprint density at radius 2 is 2.38 bits per heavy atom. The fourth-order valence-corrected chi connectivity index (χ4v) is 2.02. The normalized spacial score (nSPS) is 21.8. The van der Waals surface area contributed by atoms with Crippen molar-refractivity contribution in [1.29, 1.82) is 5.26 Å². The van der Waals surface area contributed by atoms with E-state index >= 15 is 0 Å². The number of amides is 1. The highest BCUT2D eigenvalue weighted by Gasteiger charge is 2.19. The highest BCUT2D eigenvalue weighted by molar-refractivity contribution is 5.76. The maximum absolute atomic E-state index is 11.4. The van der Waals surface area contributed by atoms with Crippen LogP contribution in [0.5, 0.6) is 0 Å². The molecule has 4 nitrogen and oxygen atoms in total. The molecule has 1 aliphatic rings. The van der Waals surface area contributed by atoms with E-state index in [-0.39, 0.29) is 17.9 Å². The van der Waals surface area contributed by atoms with E-state index < -0.39 is 0 Å². The second-order valence-electron chi connectivity index (χ2n) is 4.74. The maximum atomic E-state index is 11.4. The van der Waals surface area contributed by atoms with Crippen LogP contribution < -0.4 is 5.32 Å². The van der Waals surface area contributed by atoms with Gasteiger partial charge >= 0.3 is 0 Å². The summed E-state index contributed by atoms with van der Waals surface area (Å²) >= 11 is 0. The molecule has 1 amide bonds. The number of nitrogens with one attached hydrogen (secondary N) is 1. The molecule has 0 radical (unpaired) electrons. The van der Waals surface area contributed by atoms with Gasteiger partial charge in [-0.15, -0.1) is 0 Å². The molecular weight excluding hydrogens is 202 g/mol. The number of piperidine rings is 1. The Morgan fingerprint density at radius 3 is 3.00 bits per heavy atom. The van der Waals surface area contributed by atoms with E-state index in [2.05, 4.69) is 16.3 Å². The van der Waals surface area contributed by atoms with Gasteiger partial charge in [0.25, 0.3) is 0 Å². The minimum absolute atomic E-state index is 0.106.